The van der Waals surface area contributed by atoms with Crippen LogP contribution in [-0.4, -0.2) is 39.7 Å². The largest absolute Gasteiger partial charge is 0.467 e. The molecule has 0 spiro atoms. The Kier molecular flexibility index (Phi) is 5.13. The maximum atomic E-state index is 11.9. The second-order valence-corrected chi connectivity index (χ2v) is 6.53. The maximum absolute atomic E-state index is 11.9. The van der Waals surface area contributed by atoms with Crippen LogP contribution in [0.25, 0.3) is 0 Å². The third-order valence-electron chi connectivity index (χ3n) is 2.50. The van der Waals surface area contributed by atoms with E-state index < -0.39 is 27.8 Å². The summed E-state index contributed by atoms with van der Waals surface area (Å²) >= 11 is 5.78. The first-order valence-electron chi connectivity index (χ1n) is 5.55. The highest BCUT2D eigenvalue weighted by Gasteiger charge is 2.19. The molecule has 0 saturated carbocycles. The van der Waals surface area contributed by atoms with Gasteiger partial charge in [0.25, 0.3) is 5.91 Å². The summed E-state index contributed by atoms with van der Waals surface area (Å²) < 4.78 is 27.5. The molecular weight excluding hydrogens is 306 g/mol. The smallest absolute Gasteiger partial charge is 0.328 e. The van der Waals surface area contributed by atoms with Crippen LogP contribution in [0.4, 0.5) is 0 Å². The van der Waals surface area contributed by atoms with Crippen molar-refractivity contribution in [3.63, 3.8) is 0 Å². The average Bonchev–Trinajstić information content (AvgIpc) is 2.36. The molecule has 6 nitrogen and oxygen atoms in total. The fourth-order valence-corrected chi connectivity index (χ4v) is 2.75. The number of sulfone groups is 1. The number of ether oxygens (including phenoxy) is 1. The molecule has 1 amide bonds. The van der Waals surface area contributed by atoms with E-state index in [1.807, 2.05) is 0 Å². The highest BCUT2D eigenvalue weighted by atomic mass is 35.5. The van der Waals surface area contributed by atoms with Gasteiger partial charge in [0, 0.05) is 11.8 Å². The Morgan fingerprint density at radius 2 is 1.95 bits per heavy atom. The number of nitrogens with one attached hydrogen (secondary N) is 1. The molecular formula is C12H14ClNO5S. The van der Waals surface area contributed by atoms with Crippen LogP contribution in [0.1, 0.15) is 17.3 Å². The molecule has 1 unspecified atom stereocenters. The summed E-state index contributed by atoms with van der Waals surface area (Å²) in [6.45, 7) is 1.46. The van der Waals surface area contributed by atoms with Gasteiger partial charge in [0.2, 0.25) is 0 Å². The van der Waals surface area contributed by atoms with E-state index in [4.69, 9.17) is 11.6 Å². The zero-order chi connectivity index (χ0) is 15.5. The van der Waals surface area contributed by atoms with Gasteiger partial charge < -0.3 is 10.1 Å². The van der Waals surface area contributed by atoms with Crippen molar-refractivity contribution in [3.05, 3.63) is 28.8 Å². The van der Waals surface area contributed by atoms with Gasteiger partial charge in [0.15, 0.2) is 9.84 Å². The molecule has 0 saturated heterocycles. The molecule has 110 valence electrons. The monoisotopic (exact) mass is 319 g/mol. The lowest BCUT2D eigenvalue weighted by Crippen LogP contribution is -2.39. The highest BCUT2D eigenvalue weighted by Crippen LogP contribution is 2.22. The summed E-state index contributed by atoms with van der Waals surface area (Å²) in [5.41, 5.74) is 0.0885. The highest BCUT2D eigenvalue weighted by molar-refractivity contribution is 7.90. The number of carbonyl (C=O) groups is 2. The average molecular weight is 320 g/mol. The van der Waals surface area contributed by atoms with Crippen LogP contribution in [0.3, 0.4) is 0 Å². The fourth-order valence-electron chi connectivity index (χ4n) is 1.44. The van der Waals surface area contributed by atoms with Crippen molar-refractivity contribution in [1.82, 2.24) is 5.32 Å². The Balaban J connectivity index is 3.04. The van der Waals surface area contributed by atoms with Crippen molar-refractivity contribution in [1.29, 1.82) is 0 Å². The molecule has 0 radical (unpaired) electrons. The van der Waals surface area contributed by atoms with Crippen molar-refractivity contribution in [2.75, 3.05) is 13.4 Å². The van der Waals surface area contributed by atoms with E-state index in [9.17, 15) is 18.0 Å². The molecule has 1 atom stereocenters. The predicted octanol–water partition coefficient (Wildman–Crippen LogP) is 1.03. The minimum absolute atomic E-state index is 0.0325. The van der Waals surface area contributed by atoms with Crippen molar-refractivity contribution in [2.24, 2.45) is 0 Å². The van der Waals surface area contributed by atoms with Gasteiger partial charge in [-0.15, -0.1) is 0 Å². The van der Waals surface area contributed by atoms with Gasteiger partial charge in [-0.1, -0.05) is 11.6 Å². The predicted molar refractivity (Wildman–Crippen MR) is 73.5 cm³/mol. The Labute approximate surface area is 122 Å². The van der Waals surface area contributed by atoms with Gasteiger partial charge in [-0.2, -0.15) is 0 Å². The zero-order valence-corrected chi connectivity index (χ0v) is 12.7. The molecule has 1 N–H and O–H groups in total. The van der Waals surface area contributed by atoms with Crippen molar-refractivity contribution in [2.45, 2.75) is 17.9 Å². The second kappa shape index (κ2) is 6.23. The fraction of sp³-hybridized carbons (Fsp3) is 0.333. The number of benzene rings is 1. The SMILES string of the molecule is COC(=O)C(C)NC(=O)c1ccc(Cl)c(S(C)(=O)=O)c1. The summed E-state index contributed by atoms with van der Waals surface area (Å²) in [5.74, 6) is -1.19. The minimum atomic E-state index is -3.54. The molecule has 0 aliphatic rings. The standard InChI is InChI=1S/C12H14ClNO5S/c1-7(12(16)19-2)14-11(15)8-4-5-9(13)10(6-8)20(3,17)18/h4-7H,1-3H3,(H,14,15). The van der Waals surface area contributed by atoms with E-state index in [1.165, 1.54) is 26.2 Å². The normalized spacial score (nSPS) is 12.6. The first-order chi connectivity index (χ1) is 9.16. The van der Waals surface area contributed by atoms with Crippen LogP contribution >= 0.6 is 11.6 Å². The van der Waals surface area contributed by atoms with Gasteiger partial charge >= 0.3 is 5.97 Å². The quantitative estimate of drug-likeness (QED) is 0.837. The molecule has 1 rings (SSSR count). The number of esters is 1. The summed E-state index contributed by atoms with van der Waals surface area (Å²) in [5, 5.41) is 2.43. The topological polar surface area (TPSA) is 89.5 Å². The van der Waals surface area contributed by atoms with Gasteiger partial charge in [-0.3, -0.25) is 4.79 Å². The molecule has 1 aromatic rings. The van der Waals surface area contributed by atoms with E-state index in [2.05, 4.69) is 10.1 Å². The maximum Gasteiger partial charge on any atom is 0.328 e. The van der Waals surface area contributed by atoms with Crippen LogP contribution in [0.5, 0.6) is 0 Å². The minimum Gasteiger partial charge on any atom is -0.467 e. The Morgan fingerprint density at radius 3 is 2.45 bits per heavy atom. The third-order valence-corrected chi connectivity index (χ3v) is 4.07. The molecule has 0 aliphatic carbocycles. The first-order valence-corrected chi connectivity index (χ1v) is 7.82. The van der Waals surface area contributed by atoms with Gasteiger partial charge in [0.05, 0.1) is 17.0 Å². The van der Waals surface area contributed by atoms with Crippen molar-refractivity contribution < 1.29 is 22.7 Å². The van der Waals surface area contributed by atoms with Crippen molar-refractivity contribution in [3.8, 4) is 0 Å². The van der Waals surface area contributed by atoms with E-state index in [0.717, 1.165) is 12.3 Å². The van der Waals surface area contributed by atoms with Crippen LogP contribution in [0, 0.1) is 0 Å². The number of amides is 1. The number of hydrogen-bond donors (Lipinski definition) is 1. The Hall–Kier alpha value is -1.60. The van der Waals surface area contributed by atoms with E-state index in [0.29, 0.717) is 0 Å². The number of carbonyl (C=O) groups excluding carboxylic acids is 2. The second-order valence-electron chi connectivity index (χ2n) is 4.14. The Morgan fingerprint density at radius 1 is 1.35 bits per heavy atom. The van der Waals surface area contributed by atoms with E-state index in [-0.39, 0.29) is 15.5 Å². The molecule has 0 bridgehead atoms. The van der Waals surface area contributed by atoms with Crippen LogP contribution in [-0.2, 0) is 19.4 Å². The molecule has 8 heteroatoms. The third kappa shape index (κ3) is 3.94. The molecule has 1 aromatic carbocycles. The van der Waals surface area contributed by atoms with Crippen molar-refractivity contribution >= 4 is 33.3 Å². The van der Waals surface area contributed by atoms with Gasteiger partial charge in [0.1, 0.15) is 6.04 Å². The summed E-state index contributed by atoms with van der Waals surface area (Å²) in [7, 11) is -2.34. The number of halogens is 1. The van der Waals surface area contributed by atoms with E-state index >= 15 is 0 Å². The number of rotatable bonds is 4. The van der Waals surface area contributed by atoms with Gasteiger partial charge in [-0.05, 0) is 25.1 Å². The summed E-state index contributed by atoms with van der Waals surface area (Å²) in [6, 6.07) is 3.01. The summed E-state index contributed by atoms with van der Waals surface area (Å²) in [4.78, 5) is 23.0. The van der Waals surface area contributed by atoms with Crippen LogP contribution in [0.2, 0.25) is 5.02 Å². The van der Waals surface area contributed by atoms with E-state index in [1.54, 1.807) is 0 Å². The van der Waals surface area contributed by atoms with Gasteiger partial charge in [-0.25, -0.2) is 13.2 Å². The lowest BCUT2D eigenvalue weighted by molar-refractivity contribution is -0.142. The van der Waals surface area contributed by atoms with Crippen LogP contribution < -0.4 is 5.32 Å². The first kappa shape index (κ1) is 16.5. The molecule has 0 aromatic heterocycles. The zero-order valence-electron chi connectivity index (χ0n) is 11.1. The van der Waals surface area contributed by atoms with Crippen LogP contribution in [0.15, 0.2) is 23.1 Å². The molecule has 20 heavy (non-hydrogen) atoms. The molecule has 0 fully saturated rings. The molecule has 0 aliphatic heterocycles. The number of hydrogen-bond acceptors (Lipinski definition) is 5. The molecule has 0 heterocycles. The summed E-state index contributed by atoms with van der Waals surface area (Å²) in [6.07, 6.45) is 0.993. The lowest BCUT2D eigenvalue weighted by Gasteiger charge is -2.12. The Bertz CT molecular complexity index is 641. The number of methoxy groups -OCH3 is 1. The lowest BCUT2D eigenvalue weighted by atomic mass is 10.2.